The zero-order valence-electron chi connectivity index (χ0n) is 15.7. The van der Waals surface area contributed by atoms with Crippen LogP contribution in [0.15, 0.2) is 48.0 Å². The lowest BCUT2D eigenvalue weighted by atomic mass is 10.0. The summed E-state index contributed by atoms with van der Waals surface area (Å²) in [6.45, 7) is 5.02. The third kappa shape index (κ3) is 4.46. The number of allylic oxidation sites excluding steroid dienone is 1. The van der Waals surface area contributed by atoms with Gasteiger partial charge in [0.25, 0.3) is 0 Å². The lowest BCUT2D eigenvalue weighted by Gasteiger charge is -2.24. The lowest BCUT2D eigenvalue weighted by Crippen LogP contribution is -2.26. The molecule has 2 aromatic rings. The van der Waals surface area contributed by atoms with Gasteiger partial charge in [-0.15, -0.1) is 11.3 Å². The van der Waals surface area contributed by atoms with E-state index in [9.17, 15) is 4.39 Å². The summed E-state index contributed by atoms with van der Waals surface area (Å²) in [4.78, 5) is 3.17. The lowest BCUT2D eigenvalue weighted by molar-refractivity contribution is 0.339. The fourth-order valence-corrected chi connectivity index (χ4v) is 3.78. The van der Waals surface area contributed by atoms with Crippen molar-refractivity contribution >= 4 is 34.5 Å². The molecule has 27 heavy (non-hydrogen) atoms. The van der Waals surface area contributed by atoms with E-state index in [-0.39, 0.29) is 16.8 Å². The van der Waals surface area contributed by atoms with Gasteiger partial charge in [0.05, 0.1) is 11.4 Å². The van der Waals surface area contributed by atoms with Crippen LogP contribution in [-0.2, 0) is 0 Å². The van der Waals surface area contributed by atoms with Crippen LogP contribution in [0.25, 0.3) is 6.08 Å². The van der Waals surface area contributed by atoms with E-state index in [2.05, 4.69) is 16.8 Å². The Labute approximate surface area is 163 Å². The summed E-state index contributed by atoms with van der Waals surface area (Å²) in [5.41, 5.74) is 8.06. The van der Waals surface area contributed by atoms with Gasteiger partial charge in [-0.05, 0) is 62.7 Å². The molecule has 1 aliphatic carbocycles. The maximum absolute atomic E-state index is 14.5. The van der Waals surface area contributed by atoms with Gasteiger partial charge in [0.1, 0.15) is 5.82 Å². The third-order valence-electron chi connectivity index (χ3n) is 4.78. The van der Waals surface area contributed by atoms with Crippen LogP contribution in [0, 0.1) is 16.6 Å². The van der Waals surface area contributed by atoms with E-state index < -0.39 is 5.82 Å². The molecule has 1 aliphatic rings. The van der Waals surface area contributed by atoms with Gasteiger partial charge < -0.3 is 21.4 Å². The molecule has 0 aliphatic heterocycles. The second kappa shape index (κ2) is 7.66. The highest BCUT2D eigenvalue weighted by Gasteiger charge is 2.45. The van der Waals surface area contributed by atoms with Crippen molar-refractivity contribution < 1.29 is 4.39 Å². The Kier molecular flexibility index (Phi) is 5.48. The normalized spacial score (nSPS) is 15.3. The summed E-state index contributed by atoms with van der Waals surface area (Å²) in [5.74, 6) is -0.437. The Morgan fingerprint density at radius 2 is 2.19 bits per heavy atom. The first-order valence-corrected chi connectivity index (χ1v) is 9.69. The summed E-state index contributed by atoms with van der Waals surface area (Å²) >= 11 is 1.59. The minimum Gasteiger partial charge on any atom is -0.398 e. The molecule has 4 N–H and O–H groups in total. The van der Waals surface area contributed by atoms with Crippen molar-refractivity contribution in [2.45, 2.75) is 12.8 Å². The van der Waals surface area contributed by atoms with E-state index in [1.165, 1.54) is 6.07 Å². The van der Waals surface area contributed by atoms with Crippen LogP contribution < -0.4 is 11.1 Å². The van der Waals surface area contributed by atoms with Gasteiger partial charge in [-0.3, -0.25) is 0 Å². The molecule has 0 bridgehead atoms. The topological polar surface area (TPSA) is 65.1 Å². The van der Waals surface area contributed by atoms with Gasteiger partial charge in [0.15, 0.2) is 0 Å². The summed E-state index contributed by atoms with van der Waals surface area (Å²) in [6, 6.07) is 6.79. The third-order valence-corrected chi connectivity index (χ3v) is 5.62. The maximum atomic E-state index is 14.5. The van der Waals surface area contributed by atoms with Crippen molar-refractivity contribution in [1.82, 2.24) is 4.90 Å². The number of nitrogens with one attached hydrogen (secondary N) is 2. The zero-order valence-corrected chi connectivity index (χ0v) is 16.5. The van der Waals surface area contributed by atoms with Crippen molar-refractivity contribution in [2.75, 3.05) is 31.7 Å². The van der Waals surface area contributed by atoms with Crippen molar-refractivity contribution in [3.05, 3.63) is 64.3 Å². The number of nitrogens with zero attached hydrogens (tertiary/aromatic N) is 1. The number of hydrogen-bond donors (Lipinski definition) is 3. The Balaban J connectivity index is 1.80. The molecule has 1 fully saturated rings. The molecule has 0 radical (unpaired) electrons. The van der Waals surface area contributed by atoms with E-state index in [1.54, 1.807) is 23.5 Å². The molecule has 0 atom stereocenters. The molecule has 0 saturated heterocycles. The van der Waals surface area contributed by atoms with Crippen LogP contribution in [0.2, 0.25) is 0 Å². The Morgan fingerprint density at radius 1 is 1.44 bits per heavy atom. The average Bonchev–Trinajstić information content (AvgIpc) is 3.18. The second-order valence-electron chi connectivity index (χ2n) is 7.30. The quantitative estimate of drug-likeness (QED) is 0.452. The van der Waals surface area contributed by atoms with Crippen molar-refractivity contribution in [3.8, 4) is 0 Å². The summed E-state index contributed by atoms with van der Waals surface area (Å²) in [5, 5.41) is 13.4. The highest BCUT2D eigenvalue weighted by Crippen LogP contribution is 2.51. The number of thiophene rings is 1. The highest BCUT2D eigenvalue weighted by atomic mass is 32.1. The first kappa shape index (κ1) is 19.3. The van der Waals surface area contributed by atoms with Gasteiger partial charge in [-0.25, -0.2) is 4.39 Å². The number of halogens is 1. The standard InChI is InChI=1S/C21H25FN4S/c1-14(21(8-9-21)13-26(2)3)25-20-11-16(19(24)12-17(20)22)18(23)7-6-15-5-4-10-27-15/h4-7,10-12,23,25H,1,8-9,13,24H2,2-3H3/b7-6+,23-18?. The van der Waals surface area contributed by atoms with E-state index in [1.807, 2.05) is 37.7 Å². The monoisotopic (exact) mass is 384 g/mol. The molecule has 0 spiro atoms. The van der Waals surface area contributed by atoms with E-state index in [0.29, 0.717) is 11.3 Å². The van der Waals surface area contributed by atoms with Gasteiger partial charge in [0, 0.05) is 33.8 Å². The average molecular weight is 385 g/mol. The molecular weight excluding hydrogens is 359 g/mol. The van der Waals surface area contributed by atoms with Crippen molar-refractivity contribution in [2.24, 2.45) is 5.41 Å². The van der Waals surface area contributed by atoms with Crippen LogP contribution in [0.3, 0.4) is 0 Å². The first-order chi connectivity index (χ1) is 12.8. The van der Waals surface area contributed by atoms with Gasteiger partial charge in [0.2, 0.25) is 0 Å². The van der Waals surface area contributed by atoms with Crippen LogP contribution in [0.4, 0.5) is 15.8 Å². The number of rotatable bonds is 8. The molecule has 1 heterocycles. The molecule has 142 valence electrons. The maximum Gasteiger partial charge on any atom is 0.148 e. The molecule has 1 saturated carbocycles. The molecule has 1 aromatic heterocycles. The Morgan fingerprint density at radius 3 is 2.78 bits per heavy atom. The van der Waals surface area contributed by atoms with Crippen LogP contribution >= 0.6 is 11.3 Å². The largest absolute Gasteiger partial charge is 0.398 e. The summed E-state index contributed by atoms with van der Waals surface area (Å²) < 4.78 is 14.5. The summed E-state index contributed by atoms with van der Waals surface area (Å²) in [6.07, 6.45) is 5.63. The minimum atomic E-state index is -0.437. The Bertz CT molecular complexity index is 880. The van der Waals surface area contributed by atoms with Crippen LogP contribution in [-0.4, -0.2) is 31.3 Å². The molecule has 1 aromatic carbocycles. The van der Waals surface area contributed by atoms with Crippen molar-refractivity contribution in [1.29, 1.82) is 5.41 Å². The predicted octanol–water partition coefficient (Wildman–Crippen LogP) is 4.82. The molecule has 6 heteroatoms. The zero-order chi connectivity index (χ0) is 19.6. The van der Waals surface area contributed by atoms with Crippen molar-refractivity contribution in [3.63, 3.8) is 0 Å². The summed E-state index contributed by atoms with van der Waals surface area (Å²) in [7, 11) is 4.05. The second-order valence-corrected chi connectivity index (χ2v) is 8.28. The number of anilines is 2. The van der Waals surface area contributed by atoms with E-state index >= 15 is 0 Å². The first-order valence-electron chi connectivity index (χ1n) is 8.81. The molecule has 0 unspecified atom stereocenters. The fraction of sp³-hybridized carbons (Fsp3) is 0.286. The smallest absolute Gasteiger partial charge is 0.148 e. The highest BCUT2D eigenvalue weighted by molar-refractivity contribution is 7.10. The van der Waals surface area contributed by atoms with E-state index in [4.69, 9.17) is 11.1 Å². The number of hydrogen-bond acceptors (Lipinski definition) is 5. The van der Waals surface area contributed by atoms with Gasteiger partial charge in [-0.1, -0.05) is 12.6 Å². The minimum absolute atomic E-state index is 0.00985. The SMILES string of the molecule is C=C(Nc1cc(C(=N)/C=C/c2cccs2)c(N)cc1F)C1(CN(C)C)CC1. The number of nitrogen functional groups attached to an aromatic ring is 1. The number of nitrogens with two attached hydrogens (primary N) is 1. The predicted molar refractivity (Wildman–Crippen MR) is 114 cm³/mol. The van der Waals surface area contributed by atoms with Gasteiger partial charge in [-0.2, -0.15) is 0 Å². The molecule has 3 rings (SSSR count). The molecule has 0 amide bonds. The fourth-order valence-electron chi connectivity index (χ4n) is 3.17. The Hall–Kier alpha value is -2.44. The molecule has 4 nitrogen and oxygen atoms in total. The molecular formula is C21H25FN4S. The van der Waals surface area contributed by atoms with Crippen LogP contribution in [0.5, 0.6) is 0 Å². The number of benzene rings is 1. The van der Waals surface area contributed by atoms with Gasteiger partial charge >= 0.3 is 0 Å². The van der Waals surface area contributed by atoms with Crippen LogP contribution in [0.1, 0.15) is 23.3 Å². The van der Waals surface area contributed by atoms with E-state index in [0.717, 1.165) is 30.0 Å².